The van der Waals surface area contributed by atoms with E-state index in [0.29, 0.717) is 12.8 Å². The zero-order valence-electron chi connectivity index (χ0n) is 29.0. The van der Waals surface area contributed by atoms with E-state index in [1.165, 1.54) is 89.9 Å². The van der Waals surface area contributed by atoms with Gasteiger partial charge in [0.05, 0.1) is 6.10 Å². The van der Waals surface area contributed by atoms with Crippen molar-refractivity contribution in [1.29, 1.82) is 0 Å². The number of hydrogen-bond donors (Lipinski definition) is 1. The molecule has 0 rings (SSSR count). The number of rotatable bonds is 33. The van der Waals surface area contributed by atoms with Crippen LogP contribution < -0.4 is 0 Å². The van der Waals surface area contributed by atoms with E-state index in [9.17, 15) is 9.59 Å². The molecule has 4 nitrogen and oxygen atoms in total. The Morgan fingerprint density at radius 3 is 1.36 bits per heavy atom. The van der Waals surface area contributed by atoms with Gasteiger partial charge in [0.25, 0.3) is 0 Å². The van der Waals surface area contributed by atoms with Gasteiger partial charge in [-0.2, -0.15) is 0 Å². The molecule has 0 radical (unpaired) electrons. The highest BCUT2D eigenvalue weighted by Gasteiger charge is 2.09. The van der Waals surface area contributed by atoms with E-state index in [4.69, 9.17) is 9.84 Å². The van der Waals surface area contributed by atoms with Crippen LogP contribution in [0, 0.1) is 0 Å². The van der Waals surface area contributed by atoms with Crippen molar-refractivity contribution in [3.8, 4) is 0 Å². The number of hydrogen-bond acceptors (Lipinski definition) is 3. The quantitative estimate of drug-likeness (QED) is 0.0454. The third-order valence-electron chi connectivity index (χ3n) is 8.05. The second kappa shape index (κ2) is 35.4. The minimum absolute atomic E-state index is 0.0346. The van der Waals surface area contributed by atoms with Crippen LogP contribution in [0.3, 0.4) is 0 Å². The highest BCUT2D eigenvalue weighted by molar-refractivity contribution is 5.69. The van der Waals surface area contributed by atoms with E-state index in [-0.39, 0.29) is 12.1 Å². The summed E-state index contributed by atoms with van der Waals surface area (Å²) in [4.78, 5) is 22.6. The number of unbranched alkanes of at least 4 members (excludes halogenated alkanes) is 18. The van der Waals surface area contributed by atoms with Gasteiger partial charge < -0.3 is 9.84 Å². The van der Waals surface area contributed by atoms with Gasteiger partial charge in [0.2, 0.25) is 0 Å². The molecule has 0 aromatic heterocycles. The first-order chi connectivity index (χ1) is 21.6. The molecule has 44 heavy (non-hydrogen) atoms. The van der Waals surface area contributed by atoms with Crippen molar-refractivity contribution in [2.24, 2.45) is 0 Å². The number of carbonyl (C=O) groups excluding carboxylic acids is 1. The van der Waals surface area contributed by atoms with E-state index < -0.39 is 5.97 Å². The maximum atomic E-state index is 12.1. The van der Waals surface area contributed by atoms with Crippen LogP contribution in [0.15, 0.2) is 48.6 Å². The van der Waals surface area contributed by atoms with Crippen LogP contribution in [-0.4, -0.2) is 23.1 Å². The second-order valence-corrected chi connectivity index (χ2v) is 12.5. The molecular weight excluding hydrogens is 544 g/mol. The van der Waals surface area contributed by atoms with Crippen molar-refractivity contribution in [2.45, 2.75) is 193 Å². The zero-order valence-corrected chi connectivity index (χ0v) is 29.0. The van der Waals surface area contributed by atoms with Crippen molar-refractivity contribution >= 4 is 11.9 Å². The number of aliphatic carboxylic acids is 1. The topological polar surface area (TPSA) is 63.6 Å². The molecule has 0 aliphatic heterocycles. The van der Waals surface area contributed by atoms with Crippen LogP contribution in [0.25, 0.3) is 0 Å². The summed E-state index contributed by atoms with van der Waals surface area (Å²) in [6, 6.07) is 0. The van der Waals surface area contributed by atoms with E-state index in [1.54, 1.807) is 0 Å². The predicted octanol–water partition coefficient (Wildman–Crippen LogP) is 12.8. The van der Waals surface area contributed by atoms with Gasteiger partial charge in [0, 0.05) is 12.8 Å². The van der Waals surface area contributed by atoms with Crippen LogP contribution in [0.1, 0.15) is 187 Å². The molecular formula is C40H70O4. The smallest absolute Gasteiger partial charge is 0.306 e. The first kappa shape index (κ1) is 41.9. The fraction of sp³-hybridized carbons (Fsp3) is 0.750. The Balaban J connectivity index is 3.39. The summed E-state index contributed by atoms with van der Waals surface area (Å²) in [5.41, 5.74) is 0. The standard InChI is InChI=1S/C40H70O4/c1-3-4-5-6-7-8-9-10-14-19-22-25-28-31-34-37-40(43)44-38(2)35-32-29-26-23-20-17-15-12-11-13-16-18-21-24-27-30-33-36-39(41)42/h4-5,7-8,10,14,22,25,38H,3,6,9,11-13,15-21,23-24,26-37H2,1-2H3,(H,41,42)/b5-4-,8-7-,14-10-,25-22-. The van der Waals surface area contributed by atoms with Crippen molar-refractivity contribution in [3.63, 3.8) is 0 Å². The first-order valence-corrected chi connectivity index (χ1v) is 18.6. The number of carbonyl (C=O) groups is 2. The number of carboxylic acid groups (broad SMARTS) is 1. The van der Waals surface area contributed by atoms with Crippen molar-refractivity contribution < 1.29 is 19.4 Å². The van der Waals surface area contributed by atoms with Gasteiger partial charge in [-0.3, -0.25) is 9.59 Å². The monoisotopic (exact) mass is 615 g/mol. The molecule has 0 amide bonds. The van der Waals surface area contributed by atoms with Crippen molar-refractivity contribution in [2.75, 3.05) is 0 Å². The van der Waals surface area contributed by atoms with Crippen LogP contribution in [-0.2, 0) is 14.3 Å². The molecule has 1 N–H and O–H groups in total. The summed E-state index contributed by atoms with van der Waals surface area (Å²) in [6.07, 6.45) is 48.3. The summed E-state index contributed by atoms with van der Waals surface area (Å²) in [7, 11) is 0. The zero-order chi connectivity index (χ0) is 32.2. The normalized spacial score (nSPS) is 12.8. The van der Waals surface area contributed by atoms with E-state index >= 15 is 0 Å². The number of allylic oxidation sites excluding steroid dienone is 8. The molecule has 254 valence electrons. The Bertz CT molecular complexity index is 748. The third-order valence-corrected chi connectivity index (χ3v) is 8.05. The van der Waals surface area contributed by atoms with Crippen LogP contribution in [0.2, 0.25) is 0 Å². The fourth-order valence-corrected chi connectivity index (χ4v) is 5.33. The predicted molar refractivity (Wildman–Crippen MR) is 190 cm³/mol. The SMILES string of the molecule is CC/C=C\C/C=C\C/C=C\C/C=C\CCCCC(=O)OC(C)CCCCCCCCCCCCCCCCCCCC(=O)O. The lowest BCUT2D eigenvalue weighted by molar-refractivity contribution is -0.148. The lowest BCUT2D eigenvalue weighted by atomic mass is 10.0. The molecule has 0 aromatic rings. The minimum Gasteiger partial charge on any atom is -0.481 e. The van der Waals surface area contributed by atoms with Crippen molar-refractivity contribution in [1.82, 2.24) is 0 Å². The molecule has 1 unspecified atom stereocenters. The summed E-state index contributed by atoms with van der Waals surface area (Å²) < 4.78 is 5.62. The number of carboxylic acids is 1. The van der Waals surface area contributed by atoms with Gasteiger partial charge in [0.15, 0.2) is 0 Å². The molecule has 1 atom stereocenters. The second-order valence-electron chi connectivity index (χ2n) is 12.5. The Hall–Kier alpha value is -2.10. The van der Waals surface area contributed by atoms with Crippen LogP contribution in [0.5, 0.6) is 0 Å². The number of esters is 1. The Morgan fingerprint density at radius 2 is 0.909 bits per heavy atom. The third kappa shape index (κ3) is 36.1. The maximum absolute atomic E-state index is 12.1. The summed E-state index contributed by atoms with van der Waals surface area (Å²) in [5.74, 6) is -0.699. The average molecular weight is 615 g/mol. The first-order valence-electron chi connectivity index (χ1n) is 18.6. The molecule has 0 heterocycles. The highest BCUT2D eigenvalue weighted by atomic mass is 16.5. The highest BCUT2D eigenvalue weighted by Crippen LogP contribution is 2.15. The molecule has 0 aliphatic rings. The molecule has 0 bridgehead atoms. The molecule has 4 heteroatoms. The van der Waals surface area contributed by atoms with E-state index in [0.717, 1.165) is 70.6 Å². The van der Waals surface area contributed by atoms with Gasteiger partial charge in [0.1, 0.15) is 0 Å². The summed E-state index contributed by atoms with van der Waals surface area (Å²) >= 11 is 0. The Morgan fingerprint density at radius 1 is 0.523 bits per heavy atom. The molecule has 0 saturated carbocycles. The molecule has 0 saturated heterocycles. The van der Waals surface area contributed by atoms with E-state index in [1.807, 2.05) is 6.92 Å². The van der Waals surface area contributed by atoms with Gasteiger partial charge in [-0.1, -0.05) is 152 Å². The lowest BCUT2D eigenvalue weighted by Crippen LogP contribution is -2.14. The Labute approximate surface area is 272 Å². The maximum Gasteiger partial charge on any atom is 0.306 e. The molecule has 0 fully saturated rings. The average Bonchev–Trinajstić information content (AvgIpc) is 3.00. The number of ether oxygens (including phenoxy) is 1. The molecule has 0 spiro atoms. The van der Waals surface area contributed by atoms with Gasteiger partial charge in [-0.05, 0) is 71.1 Å². The minimum atomic E-state index is -0.665. The molecule has 0 aromatic carbocycles. The van der Waals surface area contributed by atoms with Gasteiger partial charge in [-0.15, -0.1) is 0 Å². The molecule has 0 aliphatic carbocycles. The van der Waals surface area contributed by atoms with E-state index in [2.05, 4.69) is 55.5 Å². The Kier molecular flexibility index (Phi) is 33.7. The van der Waals surface area contributed by atoms with Crippen molar-refractivity contribution in [3.05, 3.63) is 48.6 Å². The van der Waals surface area contributed by atoms with Gasteiger partial charge in [-0.25, -0.2) is 0 Å². The summed E-state index contributed by atoms with van der Waals surface area (Å²) in [5, 5.41) is 8.64. The largest absolute Gasteiger partial charge is 0.481 e. The van der Waals surface area contributed by atoms with Crippen LogP contribution in [0.4, 0.5) is 0 Å². The van der Waals surface area contributed by atoms with Gasteiger partial charge >= 0.3 is 11.9 Å². The van der Waals surface area contributed by atoms with Crippen LogP contribution >= 0.6 is 0 Å². The summed E-state index contributed by atoms with van der Waals surface area (Å²) in [6.45, 7) is 4.20. The fourth-order valence-electron chi connectivity index (χ4n) is 5.33. The lowest BCUT2D eigenvalue weighted by Gasteiger charge is -2.13.